The topological polar surface area (TPSA) is 58.4 Å². The second-order valence-corrected chi connectivity index (χ2v) is 5.93. The maximum absolute atomic E-state index is 12.5. The van der Waals surface area contributed by atoms with Crippen molar-refractivity contribution in [2.24, 2.45) is 11.7 Å². The van der Waals surface area contributed by atoms with Crippen LogP contribution in [-0.4, -0.2) is 23.5 Å². The number of rotatable bonds is 2. The van der Waals surface area contributed by atoms with Crippen molar-refractivity contribution < 1.29 is 4.79 Å². The summed E-state index contributed by atoms with van der Waals surface area (Å²) in [5.74, 6) is 0.727. The van der Waals surface area contributed by atoms with E-state index >= 15 is 0 Å². The number of anilines is 1. The molecule has 3 rings (SSSR count). The Hall–Kier alpha value is -1.55. The Bertz CT molecular complexity index is 488. The lowest BCUT2D eigenvalue weighted by atomic mass is 9.85. The molecule has 20 heavy (non-hydrogen) atoms. The zero-order valence-corrected chi connectivity index (χ0v) is 11.8. The van der Waals surface area contributed by atoms with E-state index in [-0.39, 0.29) is 6.03 Å². The van der Waals surface area contributed by atoms with Crippen LogP contribution in [0.25, 0.3) is 0 Å². The highest BCUT2D eigenvalue weighted by Crippen LogP contribution is 2.36. The molecule has 3 N–H and O–H groups in total. The van der Waals surface area contributed by atoms with Gasteiger partial charge in [-0.2, -0.15) is 0 Å². The molecule has 1 saturated carbocycles. The summed E-state index contributed by atoms with van der Waals surface area (Å²) in [6.07, 6.45) is 6.21. The molecule has 0 spiro atoms. The summed E-state index contributed by atoms with van der Waals surface area (Å²) in [4.78, 5) is 14.5. The van der Waals surface area contributed by atoms with E-state index in [1.807, 2.05) is 29.2 Å². The summed E-state index contributed by atoms with van der Waals surface area (Å²) in [6.45, 7) is 1.40. The Morgan fingerprint density at radius 3 is 3.00 bits per heavy atom. The molecule has 4 nitrogen and oxygen atoms in total. The molecule has 2 amide bonds. The van der Waals surface area contributed by atoms with Gasteiger partial charge in [-0.05, 0) is 42.9 Å². The molecule has 2 unspecified atom stereocenters. The summed E-state index contributed by atoms with van der Waals surface area (Å²) < 4.78 is 0. The molecule has 1 aromatic rings. The van der Waals surface area contributed by atoms with Gasteiger partial charge in [0.15, 0.2) is 0 Å². The molecule has 2 aliphatic rings. The summed E-state index contributed by atoms with van der Waals surface area (Å²) in [6, 6.07) is 8.29. The minimum Gasteiger partial charge on any atom is -0.326 e. The largest absolute Gasteiger partial charge is 0.326 e. The van der Waals surface area contributed by atoms with Crippen molar-refractivity contribution in [3.8, 4) is 0 Å². The lowest BCUT2D eigenvalue weighted by Crippen LogP contribution is -2.41. The van der Waals surface area contributed by atoms with Gasteiger partial charge in [-0.15, -0.1) is 0 Å². The Kier molecular flexibility index (Phi) is 3.92. The van der Waals surface area contributed by atoms with Crippen molar-refractivity contribution >= 4 is 11.7 Å². The molecular weight excluding hydrogens is 250 g/mol. The highest BCUT2D eigenvalue weighted by Gasteiger charge is 2.38. The Morgan fingerprint density at radius 1 is 1.30 bits per heavy atom. The average molecular weight is 273 g/mol. The fourth-order valence-electron chi connectivity index (χ4n) is 3.63. The van der Waals surface area contributed by atoms with Crippen molar-refractivity contribution in [1.82, 2.24) is 4.90 Å². The molecule has 1 heterocycles. The van der Waals surface area contributed by atoms with Gasteiger partial charge in [0.1, 0.15) is 0 Å². The fraction of sp³-hybridized carbons (Fsp3) is 0.562. The number of hydrogen-bond donors (Lipinski definition) is 2. The number of nitrogens with one attached hydrogen (secondary N) is 1. The molecule has 4 heteroatoms. The number of hydrogen-bond acceptors (Lipinski definition) is 2. The number of carbonyl (C=O) groups is 1. The average Bonchev–Trinajstić information content (AvgIpc) is 2.91. The van der Waals surface area contributed by atoms with Gasteiger partial charge in [-0.25, -0.2) is 4.79 Å². The minimum atomic E-state index is 0.0496. The van der Waals surface area contributed by atoms with Gasteiger partial charge >= 0.3 is 6.03 Å². The zero-order chi connectivity index (χ0) is 13.9. The second-order valence-electron chi connectivity index (χ2n) is 5.93. The standard InChI is InChI=1S/C16H23N3O/c17-11-12-4-3-6-14(10-12)18-16(20)19-9-8-13-5-1-2-7-15(13)19/h3-4,6,10,13,15H,1-2,5,7-9,11,17H2,(H,18,20). The summed E-state index contributed by atoms with van der Waals surface area (Å²) in [5, 5.41) is 3.02. The molecule has 108 valence electrons. The van der Waals surface area contributed by atoms with Crippen LogP contribution in [0.3, 0.4) is 0 Å². The second kappa shape index (κ2) is 5.83. The molecule has 2 fully saturated rings. The fourth-order valence-corrected chi connectivity index (χ4v) is 3.63. The van der Waals surface area contributed by atoms with Crippen molar-refractivity contribution in [3.05, 3.63) is 29.8 Å². The number of fused-ring (bicyclic) bond motifs is 1. The molecular formula is C16H23N3O. The van der Waals surface area contributed by atoms with Gasteiger partial charge in [-0.1, -0.05) is 25.0 Å². The third-order valence-electron chi connectivity index (χ3n) is 4.68. The first-order chi connectivity index (χ1) is 9.78. The van der Waals surface area contributed by atoms with E-state index < -0.39 is 0 Å². The molecule has 0 radical (unpaired) electrons. The van der Waals surface area contributed by atoms with Gasteiger partial charge in [0, 0.05) is 24.8 Å². The smallest absolute Gasteiger partial charge is 0.322 e. The maximum Gasteiger partial charge on any atom is 0.322 e. The lowest BCUT2D eigenvalue weighted by molar-refractivity contribution is 0.182. The number of urea groups is 1. The van der Waals surface area contributed by atoms with E-state index in [0.717, 1.165) is 23.7 Å². The summed E-state index contributed by atoms with van der Waals surface area (Å²) in [5.41, 5.74) is 7.52. The van der Waals surface area contributed by atoms with E-state index in [9.17, 15) is 4.79 Å². The predicted octanol–water partition coefficient (Wildman–Crippen LogP) is 2.94. The van der Waals surface area contributed by atoms with Crippen molar-refractivity contribution in [2.45, 2.75) is 44.7 Å². The highest BCUT2D eigenvalue weighted by molar-refractivity contribution is 5.89. The van der Waals surface area contributed by atoms with Gasteiger partial charge in [0.25, 0.3) is 0 Å². The summed E-state index contributed by atoms with van der Waals surface area (Å²) in [7, 11) is 0. The van der Waals surface area contributed by atoms with Crippen molar-refractivity contribution in [3.63, 3.8) is 0 Å². The predicted molar refractivity (Wildman–Crippen MR) is 80.4 cm³/mol. The normalized spacial score (nSPS) is 25.4. The molecule has 0 bridgehead atoms. The molecule has 0 aromatic heterocycles. The van der Waals surface area contributed by atoms with Gasteiger partial charge in [0.2, 0.25) is 0 Å². The SMILES string of the molecule is NCc1cccc(NC(=O)N2CCC3CCCCC32)c1. The number of benzene rings is 1. The van der Waals surface area contributed by atoms with Gasteiger partial charge in [-0.3, -0.25) is 0 Å². The zero-order valence-electron chi connectivity index (χ0n) is 11.8. The van der Waals surface area contributed by atoms with Crippen LogP contribution in [0.15, 0.2) is 24.3 Å². The molecule has 2 atom stereocenters. The number of amides is 2. The van der Waals surface area contributed by atoms with E-state index in [0.29, 0.717) is 12.6 Å². The van der Waals surface area contributed by atoms with Crippen molar-refractivity contribution in [2.75, 3.05) is 11.9 Å². The van der Waals surface area contributed by atoms with Crippen LogP contribution in [0.5, 0.6) is 0 Å². The van der Waals surface area contributed by atoms with E-state index in [4.69, 9.17) is 5.73 Å². The van der Waals surface area contributed by atoms with Crippen LogP contribution in [-0.2, 0) is 6.54 Å². The monoisotopic (exact) mass is 273 g/mol. The minimum absolute atomic E-state index is 0.0496. The Morgan fingerprint density at radius 2 is 2.15 bits per heavy atom. The lowest BCUT2D eigenvalue weighted by Gasteiger charge is -2.31. The quantitative estimate of drug-likeness (QED) is 0.870. The van der Waals surface area contributed by atoms with E-state index in [1.165, 1.54) is 32.1 Å². The van der Waals surface area contributed by atoms with Crippen LogP contribution in [0, 0.1) is 5.92 Å². The number of likely N-dealkylation sites (tertiary alicyclic amines) is 1. The number of nitrogens with two attached hydrogens (primary N) is 1. The van der Waals surface area contributed by atoms with Gasteiger partial charge < -0.3 is 16.0 Å². The number of nitrogens with zero attached hydrogens (tertiary/aromatic N) is 1. The third kappa shape index (κ3) is 2.66. The van der Waals surface area contributed by atoms with E-state index in [2.05, 4.69) is 5.32 Å². The van der Waals surface area contributed by atoms with Crippen LogP contribution in [0.2, 0.25) is 0 Å². The first-order valence-electron chi connectivity index (χ1n) is 7.64. The van der Waals surface area contributed by atoms with Crippen LogP contribution >= 0.6 is 0 Å². The van der Waals surface area contributed by atoms with Crippen LogP contribution in [0.4, 0.5) is 10.5 Å². The first kappa shape index (κ1) is 13.4. The molecule has 1 saturated heterocycles. The summed E-state index contributed by atoms with van der Waals surface area (Å²) >= 11 is 0. The van der Waals surface area contributed by atoms with Gasteiger partial charge in [0.05, 0.1) is 0 Å². The molecule has 1 aliphatic carbocycles. The van der Waals surface area contributed by atoms with Crippen molar-refractivity contribution in [1.29, 1.82) is 0 Å². The maximum atomic E-state index is 12.5. The van der Waals surface area contributed by atoms with Crippen LogP contribution < -0.4 is 11.1 Å². The molecule has 1 aromatic carbocycles. The van der Waals surface area contributed by atoms with E-state index in [1.54, 1.807) is 0 Å². The Labute approximate surface area is 120 Å². The highest BCUT2D eigenvalue weighted by atomic mass is 16.2. The van der Waals surface area contributed by atoms with Crippen LogP contribution in [0.1, 0.15) is 37.7 Å². The number of carbonyl (C=O) groups excluding carboxylic acids is 1. The Balaban J connectivity index is 1.66. The third-order valence-corrected chi connectivity index (χ3v) is 4.68. The molecule has 1 aliphatic heterocycles. The first-order valence-corrected chi connectivity index (χ1v) is 7.64.